The molecule has 0 atom stereocenters. The second kappa shape index (κ2) is 9.02. The number of benzene rings is 1. The Morgan fingerprint density at radius 2 is 1.76 bits per heavy atom. The van der Waals surface area contributed by atoms with Crippen LogP contribution in [0.1, 0.15) is 27.8 Å². The largest absolute Gasteiger partial charge is 0.494 e. The van der Waals surface area contributed by atoms with Crippen LogP contribution in [0.15, 0.2) is 48.7 Å². The van der Waals surface area contributed by atoms with Crippen LogP contribution in [0.4, 0.5) is 0 Å². The highest BCUT2D eigenvalue weighted by molar-refractivity contribution is 5.97. The quantitative estimate of drug-likeness (QED) is 0.669. The van der Waals surface area contributed by atoms with Crippen molar-refractivity contribution in [2.75, 3.05) is 13.2 Å². The highest BCUT2D eigenvalue weighted by atomic mass is 16.5. The molecule has 3 amide bonds. The molecule has 0 bridgehead atoms. The summed E-state index contributed by atoms with van der Waals surface area (Å²) in [6.07, 6.45) is 1.47. The standard InChI is InChI=1S/C17H18N4O4/c1-2-25-13-8-6-12(7-9-13)16(23)19-11-15(22)20-21-17(24)14-5-3-4-10-18-14/h3-10H,2,11H2,1H3,(H,19,23)(H,20,22)(H,21,24). The lowest BCUT2D eigenvalue weighted by Gasteiger charge is -2.08. The number of hydrogen-bond acceptors (Lipinski definition) is 5. The van der Waals surface area contributed by atoms with E-state index in [4.69, 9.17) is 4.74 Å². The number of rotatable bonds is 6. The van der Waals surface area contributed by atoms with E-state index in [-0.39, 0.29) is 12.2 Å². The highest BCUT2D eigenvalue weighted by Gasteiger charge is 2.10. The number of ether oxygens (including phenoxy) is 1. The molecule has 0 saturated carbocycles. The molecule has 1 aromatic heterocycles. The van der Waals surface area contributed by atoms with Crippen molar-refractivity contribution >= 4 is 17.7 Å². The van der Waals surface area contributed by atoms with Gasteiger partial charge in [0.15, 0.2) is 0 Å². The summed E-state index contributed by atoms with van der Waals surface area (Å²) in [5, 5.41) is 2.45. The van der Waals surface area contributed by atoms with Gasteiger partial charge in [-0.05, 0) is 43.3 Å². The van der Waals surface area contributed by atoms with Gasteiger partial charge in [-0.1, -0.05) is 6.07 Å². The summed E-state index contributed by atoms with van der Waals surface area (Å²) < 4.78 is 5.29. The van der Waals surface area contributed by atoms with Gasteiger partial charge in [-0.2, -0.15) is 0 Å². The monoisotopic (exact) mass is 342 g/mol. The fraction of sp³-hybridized carbons (Fsp3) is 0.176. The summed E-state index contributed by atoms with van der Waals surface area (Å²) >= 11 is 0. The number of pyridine rings is 1. The first-order chi connectivity index (χ1) is 12.1. The zero-order chi connectivity index (χ0) is 18.1. The number of carbonyl (C=O) groups is 3. The molecule has 8 heteroatoms. The van der Waals surface area contributed by atoms with Crippen molar-refractivity contribution in [1.82, 2.24) is 21.2 Å². The van der Waals surface area contributed by atoms with Gasteiger partial charge in [0, 0.05) is 11.8 Å². The van der Waals surface area contributed by atoms with Crippen LogP contribution in [0.3, 0.4) is 0 Å². The first-order valence-corrected chi connectivity index (χ1v) is 7.61. The molecule has 0 saturated heterocycles. The van der Waals surface area contributed by atoms with Gasteiger partial charge in [0.25, 0.3) is 17.7 Å². The molecule has 0 aliphatic rings. The lowest BCUT2D eigenvalue weighted by atomic mass is 10.2. The molecule has 3 N–H and O–H groups in total. The third-order valence-electron chi connectivity index (χ3n) is 3.05. The minimum Gasteiger partial charge on any atom is -0.494 e. The lowest BCUT2D eigenvalue weighted by molar-refractivity contribution is -0.120. The number of amides is 3. The average molecular weight is 342 g/mol. The summed E-state index contributed by atoms with van der Waals surface area (Å²) in [7, 11) is 0. The number of aromatic nitrogens is 1. The van der Waals surface area contributed by atoms with Gasteiger partial charge >= 0.3 is 0 Å². The molecule has 0 radical (unpaired) electrons. The molecule has 0 aliphatic carbocycles. The van der Waals surface area contributed by atoms with Crippen LogP contribution < -0.4 is 20.9 Å². The predicted molar refractivity (Wildman–Crippen MR) is 89.8 cm³/mol. The van der Waals surface area contributed by atoms with E-state index in [2.05, 4.69) is 21.2 Å². The predicted octanol–water partition coefficient (Wildman–Crippen LogP) is 0.671. The van der Waals surface area contributed by atoms with E-state index in [1.54, 1.807) is 36.4 Å². The van der Waals surface area contributed by atoms with Gasteiger partial charge in [-0.15, -0.1) is 0 Å². The zero-order valence-electron chi connectivity index (χ0n) is 13.6. The summed E-state index contributed by atoms with van der Waals surface area (Å²) in [4.78, 5) is 39.2. The minimum absolute atomic E-state index is 0.168. The molecule has 130 valence electrons. The number of hydrazine groups is 1. The molecule has 0 aliphatic heterocycles. The molecule has 2 aromatic rings. The molecular formula is C17H18N4O4. The van der Waals surface area contributed by atoms with E-state index in [0.717, 1.165) is 0 Å². The average Bonchev–Trinajstić information content (AvgIpc) is 2.65. The minimum atomic E-state index is -0.566. The fourth-order valence-corrected chi connectivity index (χ4v) is 1.86. The second-order valence-electron chi connectivity index (χ2n) is 4.86. The first-order valence-electron chi connectivity index (χ1n) is 7.61. The molecule has 25 heavy (non-hydrogen) atoms. The van der Waals surface area contributed by atoms with Crippen molar-refractivity contribution in [3.63, 3.8) is 0 Å². The van der Waals surface area contributed by atoms with E-state index < -0.39 is 17.7 Å². The van der Waals surface area contributed by atoms with Gasteiger partial charge in [0.1, 0.15) is 11.4 Å². The van der Waals surface area contributed by atoms with E-state index in [0.29, 0.717) is 17.9 Å². The fourth-order valence-electron chi connectivity index (χ4n) is 1.86. The van der Waals surface area contributed by atoms with Crippen LogP contribution in [0.5, 0.6) is 5.75 Å². The zero-order valence-corrected chi connectivity index (χ0v) is 13.6. The van der Waals surface area contributed by atoms with Crippen molar-refractivity contribution in [3.05, 3.63) is 59.9 Å². The summed E-state index contributed by atoms with van der Waals surface area (Å²) in [5.74, 6) is -0.862. The Morgan fingerprint density at radius 3 is 2.40 bits per heavy atom. The van der Waals surface area contributed by atoms with Gasteiger partial charge in [-0.25, -0.2) is 0 Å². The van der Waals surface area contributed by atoms with E-state index in [1.807, 2.05) is 6.92 Å². The molecule has 0 fully saturated rings. The first kappa shape index (κ1) is 17.9. The van der Waals surface area contributed by atoms with Gasteiger partial charge < -0.3 is 10.1 Å². The van der Waals surface area contributed by atoms with Crippen molar-refractivity contribution < 1.29 is 19.1 Å². The molecular weight excluding hydrogens is 324 g/mol. The van der Waals surface area contributed by atoms with Crippen LogP contribution in [-0.4, -0.2) is 35.9 Å². The SMILES string of the molecule is CCOc1ccc(C(=O)NCC(=O)NNC(=O)c2ccccn2)cc1. The van der Waals surface area contributed by atoms with E-state index in [1.165, 1.54) is 12.3 Å². The summed E-state index contributed by atoms with van der Waals surface area (Å²) in [6, 6.07) is 11.4. The normalized spacial score (nSPS) is 9.80. The number of nitrogens with one attached hydrogen (secondary N) is 3. The Balaban J connectivity index is 1.75. The van der Waals surface area contributed by atoms with E-state index >= 15 is 0 Å². The summed E-state index contributed by atoms with van der Waals surface area (Å²) in [6.45, 7) is 2.12. The number of carbonyl (C=O) groups excluding carboxylic acids is 3. The smallest absolute Gasteiger partial charge is 0.288 e. The summed E-state index contributed by atoms with van der Waals surface area (Å²) in [5.41, 5.74) is 4.98. The maximum Gasteiger partial charge on any atom is 0.288 e. The maximum absolute atomic E-state index is 11.9. The van der Waals surface area contributed by atoms with Crippen molar-refractivity contribution in [3.8, 4) is 5.75 Å². The second-order valence-corrected chi connectivity index (χ2v) is 4.86. The van der Waals surface area contributed by atoms with Crippen LogP contribution >= 0.6 is 0 Å². The van der Waals surface area contributed by atoms with Gasteiger partial charge in [-0.3, -0.25) is 30.2 Å². The van der Waals surface area contributed by atoms with Gasteiger partial charge in [0.05, 0.1) is 13.2 Å². The Kier molecular flexibility index (Phi) is 6.47. The van der Waals surface area contributed by atoms with Gasteiger partial charge in [0.2, 0.25) is 0 Å². The Morgan fingerprint density at radius 1 is 1.00 bits per heavy atom. The van der Waals surface area contributed by atoms with Crippen LogP contribution in [0.2, 0.25) is 0 Å². The van der Waals surface area contributed by atoms with Crippen LogP contribution in [0, 0.1) is 0 Å². The third kappa shape index (κ3) is 5.61. The highest BCUT2D eigenvalue weighted by Crippen LogP contribution is 2.11. The number of hydrogen-bond donors (Lipinski definition) is 3. The number of nitrogens with zero attached hydrogens (tertiary/aromatic N) is 1. The Bertz CT molecular complexity index is 732. The van der Waals surface area contributed by atoms with Crippen LogP contribution in [-0.2, 0) is 4.79 Å². The van der Waals surface area contributed by atoms with Crippen molar-refractivity contribution in [1.29, 1.82) is 0 Å². The topological polar surface area (TPSA) is 109 Å². The molecule has 0 spiro atoms. The molecule has 1 heterocycles. The van der Waals surface area contributed by atoms with Crippen molar-refractivity contribution in [2.24, 2.45) is 0 Å². The van der Waals surface area contributed by atoms with Crippen molar-refractivity contribution in [2.45, 2.75) is 6.92 Å². The molecule has 8 nitrogen and oxygen atoms in total. The third-order valence-corrected chi connectivity index (χ3v) is 3.05. The molecule has 2 rings (SSSR count). The lowest BCUT2D eigenvalue weighted by Crippen LogP contribution is -2.46. The maximum atomic E-state index is 11.9. The Hall–Kier alpha value is -3.42. The van der Waals surface area contributed by atoms with E-state index in [9.17, 15) is 14.4 Å². The molecule has 0 unspecified atom stereocenters. The van der Waals surface area contributed by atoms with Crippen LogP contribution in [0.25, 0.3) is 0 Å². The molecule has 1 aromatic carbocycles. The Labute approximate surface area is 144 Å².